The Bertz CT molecular complexity index is 1300. The average molecular weight is 501 g/mol. The van der Waals surface area contributed by atoms with Gasteiger partial charge in [-0.3, -0.25) is 14.9 Å². The fourth-order valence-electron chi connectivity index (χ4n) is 5.48. The van der Waals surface area contributed by atoms with Crippen molar-refractivity contribution in [1.29, 1.82) is 0 Å². The highest BCUT2D eigenvalue weighted by atomic mass is 35.5. The summed E-state index contributed by atoms with van der Waals surface area (Å²) in [5, 5.41) is 2.86. The van der Waals surface area contributed by atoms with Crippen LogP contribution in [-0.2, 0) is 24.3 Å². The molecule has 5 rings (SSSR count). The molecule has 2 fully saturated rings. The number of nitrogens with one attached hydrogen (secondary N) is 1. The molecule has 2 aromatic carbocycles. The van der Waals surface area contributed by atoms with Crippen molar-refractivity contribution in [2.45, 2.75) is 31.2 Å². The molecule has 2 aromatic rings. The van der Waals surface area contributed by atoms with Gasteiger partial charge in [-0.2, -0.15) is 4.31 Å². The number of benzene rings is 2. The van der Waals surface area contributed by atoms with Crippen molar-refractivity contribution < 1.29 is 22.7 Å². The van der Waals surface area contributed by atoms with E-state index in [1.165, 1.54) is 4.31 Å². The van der Waals surface area contributed by atoms with Crippen molar-refractivity contribution >= 4 is 33.4 Å². The van der Waals surface area contributed by atoms with Crippen molar-refractivity contribution in [1.82, 2.24) is 9.62 Å². The predicted octanol–water partition coefficient (Wildman–Crippen LogP) is 3.59. The number of ether oxygens (including phenoxy) is 1. The molecule has 1 N–H and O–H groups in total. The van der Waals surface area contributed by atoms with Crippen LogP contribution in [0.25, 0.3) is 0 Å². The average Bonchev–Trinajstić information content (AvgIpc) is 3.33. The van der Waals surface area contributed by atoms with Crippen LogP contribution in [0, 0.1) is 24.7 Å². The standard InChI is InChI=1S/C25H25ClN2O5S/c1-3-33-20-12-17-21(25(30)27-24(17)29)18-13-28(34(31,32)15-10-8-14(2)9-11-15)23(22(18)20)16-6-4-5-7-19(16)26/h4-11,17-18,21,23H,3,12-13H2,1-2H3,(H,27,29,30)/t17-,18-,21-,23-/m0/s1. The van der Waals surface area contributed by atoms with Crippen molar-refractivity contribution in [2.24, 2.45) is 17.8 Å². The molecule has 0 saturated carbocycles. The van der Waals surface area contributed by atoms with Crippen LogP contribution in [0.3, 0.4) is 0 Å². The van der Waals surface area contributed by atoms with Gasteiger partial charge in [-0.1, -0.05) is 47.5 Å². The summed E-state index contributed by atoms with van der Waals surface area (Å²) in [7, 11) is -3.96. The molecule has 0 aromatic heterocycles. The Labute approximate surface area is 203 Å². The maximum atomic E-state index is 13.9. The van der Waals surface area contributed by atoms with E-state index in [4.69, 9.17) is 16.3 Å². The van der Waals surface area contributed by atoms with E-state index < -0.39 is 33.8 Å². The Balaban J connectivity index is 1.72. The third-order valence-electron chi connectivity index (χ3n) is 6.98. The van der Waals surface area contributed by atoms with Gasteiger partial charge in [0.1, 0.15) is 0 Å². The molecule has 2 amide bonds. The largest absolute Gasteiger partial charge is 0.498 e. The normalized spacial score (nSPS) is 26.9. The van der Waals surface area contributed by atoms with Crippen LogP contribution in [-0.4, -0.2) is 37.7 Å². The van der Waals surface area contributed by atoms with Crippen LogP contribution in [0.1, 0.15) is 30.5 Å². The maximum absolute atomic E-state index is 13.9. The third kappa shape index (κ3) is 3.56. The lowest BCUT2D eigenvalue weighted by molar-refractivity contribution is -0.126. The number of fused-ring (bicyclic) bond motifs is 3. The van der Waals surface area contributed by atoms with Gasteiger partial charge in [-0.05, 0) is 43.2 Å². The minimum atomic E-state index is -3.96. The summed E-state index contributed by atoms with van der Waals surface area (Å²) in [6.45, 7) is 4.15. The molecule has 1 aliphatic carbocycles. The number of amides is 2. The van der Waals surface area contributed by atoms with Gasteiger partial charge in [0.05, 0.1) is 35.1 Å². The number of imide groups is 1. The first-order chi connectivity index (χ1) is 16.2. The van der Waals surface area contributed by atoms with Crippen LogP contribution in [0.2, 0.25) is 5.02 Å². The van der Waals surface area contributed by atoms with E-state index in [9.17, 15) is 18.0 Å². The topological polar surface area (TPSA) is 92.8 Å². The van der Waals surface area contributed by atoms with Crippen LogP contribution in [0.4, 0.5) is 0 Å². The molecule has 178 valence electrons. The van der Waals surface area contributed by atoms with Crippen LogP contribution in [0.15, 0.2) is 64.8 Å². The number of nitrogens with zero attached hydrogens (tertiary/aromatic N) is 1. The van der Waals surface area contributed by atoms with Crippen LogP contribution in [0.5, 0.6) is 0 Å². The number of allylic oxidation sites excluding steroid dienone is 1. The summed E-state index contributed by atoms with van der Waals surface area (Å²) < 4.78 is 35.3. The lowest BCUT2D eigenvalue weighted by Crippen LogP contribution is -2.35. The number of halogens is 1. The fraction of sp³-hybridized carbons (Fsp3) is 0.360. The van der Waals surface area contributed by atoms with Gasteiger partial charge in [0.15, 0.2) is 0 Å². The summed E-state index contributed by atoms with van der Waals surface area (Å²) >= 11 is 6.59. The second-order valence-corrected chi connectivity index (χ2v) is 11.2. The monoisotopic (exact) mass is 500 g/mol. The summed E-state index contributed by atoms with van der Waals surface area (Å²) in [6.07, 6.45) is 0.251. The smallest absolute Gasteiger partial charge is 0.243 e. The van der Waals surface area contributed by atoms with Gasteiger partial charge in [-0.15, -0.1) is 0 Å². The Kier molecular flexibility index (Phi) is 5.78. The Hall–Kier alpha value is -2.68. The zero-order valence-electron chi connectivity index (χ0n) is 18.8. The van der Waals surface area contributed by atoms with E-state index >= 15 is 0 Å². The maximum Gasteiger partial charge on any atom is 0.243 e. The molecule has 0 bridgehead atoms. The van der Waals surface area contributed by atoms with Crippen LogP contribution >= 0.6 is 11.6 Å². The molecule has 2 saturated heterocycles. The molecule has 34 heavy (non-hydrogen) atoms. The van der Waals surface area contributed by atoms with Gasteiger partial charge in [-0.25, -0.2) is 8.42 Å². The molecule has 0 spiro atoms. The highest BCUT2D eigenvalue weighted by Gasteiger charge is 2.58. The van der Waals surface area contributed by atoms with E-state index in [1.54, 1.807) is 42.5 Å². The molecule has 0 unspecified atom stereocenters. The van der Waals surface area contributed by atoms with Gasteiger partial charge in [0.2, 0.25) is 21.8 Å². The predicted molar refractivity (Wildman–Crippen MR) is 126 cm³/mol. The zero-order valence-corrected chi connectivity index (χ0v) is 20.4. The van der Waals surface area contributed by atoms with Crippen molar-refractivity contribution in [3.8, 4) is 0 Å². The highest BCUT2D eigenvalue weighted by molar-refractivity contribution is 7.89. The Morgan fingerprint density at radius 1 is 1.06 bits per heavy atom. The second-order valence-electron chi connectivity index (χ2n) is 8.92. The summed E-state index contributed by atoms with van der Waals surface area (Å²) in [6, 6.07) is 13.1. The number of sulfonamides is 1. The van der Waals surface area contributed by atoms with Crippen molar-refractivity contribution in [3.05, 3.63) is 76.0 Å². The van der Waals surface area contributed by atoms with Gasteiger partial charge >= 0.3 is 0 Å². The second kappa shape index (κ2) is 8.52. The van der Waals surface area contributed by atoms with Crippen molar-refractivity contribution in [2.75, 3.05) is 13.2 Å². The van der Waals surface area contributed by atoms with E-state index in [0.717, 1.165) is 11.1 Å². The number of rotatable bonds is 5. The number of aryl methyl sites for hydroxylation is 1. The van der Waals surface area contributed by atoms with E-state index in [2.05, 4.69) is 5.32 Å². The molecule has 9 heteroatoms. The number of hydrogen-bond donors (Lipinski definition) is 1. The lowest BCUT2D eigenvalue weighted by Gasteiger charge is -2.32. The van der Waals surface area contributed by atoms with Crippen molar-refractivity contribution in [3.63, 3.8) is 0 Å². The lowest BCUT2D eigenvalue weighted by atomic mass is 9.71. The summed E-state index contributed by atoms with van der Waals surface area (Å²) in [5.74, 6) is -1.83. The summed E-state index contributed by atoms with van der Waals surface area (Å²) in [4.78, 5) is 25.5. The Morgan fingerprint density at radius 3 is 2.44 bits per heavy atom. The molecule has 2 heterocycles. The fourth-order valence-corrected chi connectivity index (χ4v) is 7.34. The van der Waals surface area contributed by atoms with Gasteiger partial charge in [0.25, 0.3) is 0 Å². The first-order valence-corrected chi connectivity index (χ1v) is 13.1. The Morgan fingerprint density at radius 2 is 1.76 bits per heavy atom. The van der Waals surface area contributed by atoms with Gasteiger partial charge in [0, 0.05) is 23.9 Å². The molecular weight excluding hydrogens is 476 g/mol. The number of carbonyl (C=O) groups is 2. The number of hydrogen-bond acceptors (Lipinski definition) is 5. The first kappa shape index (κ1) is 23.1. The molecule has 7 nitrogen and oxygen atoms in total. The molecular formula is C25H25ClN2O5S. The summed E-state index contributed by atoms with van der Waals surface area (Å²) in [5.41, 5.74) is 2.29. The highest BCUT2D eigenvalue weighted by Crippen LogP contribution is 2.55. The number of carbonyl (C=O) groups excluding carboxylic acids is 2. The molecule has 3 aliphatic rings. The SMILES string of the molecule is CCOC1=C2[C@@H](CN(S(=O)(=O)c3ccc(C)cc3)[C@H]2c2ccccc2Cl)[C@H]2C(=O)NC(=O)[C@H]2C1. The van der Waals surface area contributed by atoms with Gasteiger partial charge < -0.3 is 4.74 Å². The van der Waals surface area contributed by atoms with E-state index in [1.807, 2.05) is 19.9 Å². The molecule has 0 radical (unpaired) electrons. The van der Waals surface area contributed by atoms with E-state index in [0.29, 0.717) is 23.0 Å². The minimum absolute atomic E-state index is 0.0554. The minimum Gasteiger partial charge on any atom is -0.498 e. The molecule has 4 atom stereocenters. The van der Waals surface area contributed by atoms with E-state index in [-0.39, 0.29) is 29.7 Å². The van der Waals surface area contributed by atoms with Crippen LogP contribution < -0.4 is 5.32 Å². The zero-order chi connectivity index (χ0) is 24.2. The third-order valence-corrected chi connectivity index (χ3v) is 9.17. The quantitative estimate of drug-likeness (QED) is 0.633. The molecule has 2 aliphatic heterocycles. The first-order valence-electron chi connectivity index (χ1n) is 11.3.